The molecular weight excluding hydrogens is 384 g/mol. The minimum atomic E-state index is -0.0224. The fourth-order valence-electron chi connectivity index (χ4n) is 5.29. The fourth-order valence-corrected chi connectivity index (χ4v) is 5.49. The minimum absolute atomic E-state index is 0.0224. The summed E-state index contributed by atoms with van der Waals surface area (Å²) in [6.07, 6.45) is 11.1. The van der Waals surface area contributed by atoms with Gasteiger partial charge >= 0.3 is 0 Å². The van der Waals surface area contributed by atoms with Crippen molar-refractivity contribution in [1.82, 2.24) is 10.6 Å². The molecule has 5 heteroatoms. The number of methoxy groups -OCH3 is 1. The van der Waals surface area contributed by atoms with Crippen LogP contribution in [0, 0.1) is 11.3 Å². The van der Waals surface area contributed by atoms with Crippen LogP contribution in [-0.2, 0) is 11.2 Å². The molecule has 0 aromatic heterocycles. The molecule has 1 unspecified atom stereocenters. The third-order valence-corrected chi connectivity index (χ3v) is 7.14. The highest BCUT2D eigenvalue weighted by Crippen LogP contribution is 2.48. The van der Waals surface area contributed by atoms with E-state index in [0.29, 0.717) is 28.6 Å². The third kappa shape index (κ3) is 6.44. The van der Waals surface area contributed by atoms with Crippen LogP contribution in [0.25, 0.3) is 0 Å². The fraction of sp³-hybridized carbons (Fsp3) is 0.708. The zero-order valence-electron chi connectivity index (χ0n) is 18.1. The Bertz CT molecular complexity index is 669. The minimum Gasteiger partial charge on any atom is -0.383 e. The van der Waals surface area contributed by atoms with Gasteiger partial charge in [0, 0.05) is 19.7 Å². The van der Waals surface area contributed by atoms with E-state index in [2.05, 4.69) is 17.6 Å². The molecule has 2 aliphatic rings. The van der Waals surface area contributed by atoms with E-state index in [0.717, 1.165) is 37.4 Å². The number of aryl methyl sites for hydroxylation is 1. The van der Waals surface area contributed by atoms with Gasteiger partial charge in [0.25, 0.3) is 5.91 Å². The number of carbonyl (C=O) groups excluding carboxylic acids is 1. The average molecular weight is 421 g/mol. The van der Waals surface area contributed by atoms with Gasteiger partial charge in [-0.2, -0.15) is 0 Å². The third-order valence-electron chi connectivity index (χ3n) is 6.81. The second kappa shape index (κ2) is 10.8. The number of rotatable bonds is 10. The lowest BCUT2D eigenvalue weighted by Crippen LogP contribution is -2.43. The maximum absolute atomic E-state index is 12.9. The zero-order valence-corrected chi connectivity index (χ0v) is 18.8. The first-order valence-corrected chi connectivity index (χ1v) is 11.7. The van der Waals surface area contributed by atoms with Crippen LogP contribution in [0.3, 0.4) is 0 Å². The van der Waals surface area contributed by atoms with Gasteiger partial charge in [-0.05, 0) is 74.6 Å². The van der Waals surface area contributed by atoms with E-state index in [4.69, 9.17) is 16.3 Å². The van der Waals surface area contributed by atoms with Crippen molar-refractivity contribution in [3.63, 3.8) is 0 Å². The van der Waals surface area contributed by atoms with Crippen LogP contribution in [0.1, 0.15) is 74.2 Å². The molecule has 0 aliphatic heterocycles. The average Bonchev–Trinajstić information content (AvgIpc) is 2.71. The highest BCUT2D eigenvalue weighted by atomic mass is 35.5. The van der Waals surface area contributed by atoms with Crippen LogP contribution in [0.15, 0.2) is 18.2 Å². The Morgan fingerprint density at radius 1 is 1.31 bits per heavy atom. The first kappa shape index (κ1) is 22.6. The Labute approximate surface area is 181 Å². The second-order valence-electron chi connectivity index (χ2n) is 9.27. The summed E-state index contributed by atoms with van der Waals surface area (Å²) in [5.41, 5.74) is 2.10. The molecule has 29 heavy (non-hydrogen) atoms. The van der Waals surface area contributed by atoms with Crippen molar-refractivity contribution in [3.05, 3.63) is 34.3 Å². The quantitative estimate of drug-likeness (QED) is 0.524. The molecule has 1 aromatic rings. The summed E-state index contributed by atoms with van der Waals surface area (Å²) in [6.45, 7) is 4.56. The van der Waals surface area contributed by atoms with Crippen molar-refractivity contribution >= 4 is 17.5 Å². The van der Waals surface area contributed by atoms with Crippen molar-refractivity contribution in [2.75, 3.05) is 26.8 Å². The van der Waals surface area contributed by atoms with Crippen LogP contribution in [0.4, 0.5) is 0 Å². The van der Waals surface area contributed by atoms with Crippen LogP contribution in [0.2, 0.25) is 5.02 Å². The van der Waals surface area contributed by atoms with Crippen molar-refractivity contribution in [1.29, 1.82) is 0 Å². The smallest absolute Gasteiger partial charge is 0.252 e. The summed E-state index contributed by atoms with van der Waals surface area (Å²) in [5, 5.41) is 7.22. The predicted molar refractivity (Wildman–Crippen MR) is 120 cm³/mol. The molecule has 0 radical (unpaired) electrons. The molecule has 2 N–H and O–H groups in total. The molecule has 2 saturated carbocycles. The lowest BCUT2D eigenvalue weighted by molar-refractivity contribution is 0.0682. The van der Waals surface area contributed by atoms with E-state index in [-0.39, 0.29) is 5.91 Å². The van der Waals surface area contributed by atoms with Gasteiger partial charge in [0.1, 0.15) is 0 Å². The van der Waals surface area contributed by atoms with Gasteiger partial charge in [-0.15, -0.1) is 0 Å². The van der Waals surface area contributed by atoms with Gasteiger partial charge in [-0.3, -0.25) is 4.79 Å². The topological polar surface area (TPSA) is 50.4 Å². The predicted octanol–water partition coefficient (Wildman–Crippen LogP) is 4.99. The van der Waals surface area contributed by atoms with Gasteiger partial charge in [-0.1, -0.05) is 43.4 Å². The SMILES string of the molecule is COCC(C)NCCCc1ccc(Cl)c(C(=O)NCC23CCCC(CCC2)C3)c1. The van der Waals surface area contributed by atoms with E-state index >= 15 is 0 Å². The van der Waals surface area contributed by atoms with Gasteiger partial charge in [-0.25, -0.2) is 0 Å². The summed E-state index contributed by atoms with van der Waals surface area (Å²) in [7, 11) is 1.72. The first-order chi connectivity index (χ1) is 14.0. The molecule has 3 rings (SSSR count). The van der Waals surface area contributed by atoms with Crippen LogP contribution in [0.5, 0.6) is 0 Å². The first-order valence-electron chi connectivity index (χ1n) is 11.3. The van der Waals surface area contributed by atoms with Crippen LogP contribution < -0.4 is 10.6 Å². The van der Waals surface area contributed by atoms with Crippen molar-refractivity contribution in [2.24, 2.45) is 11.3 Å². The number of nitrogens with one attached hydrogen (secondary N) is 2. The number of hydrogen-bond donors (Lipinski definition) is 2. The number of ether oxygens (including phenoxy) is 1. The Morgan fingerprint density at radius 3 is 2.79 bits per heavy atom. The largest absolute Gasteiger partial charge is 0.383 e. The van der Waals surface area contributed by atoms with E-state index in [1.807, 2.05) is 18.2 Å². The monoisotopic (exact) mass is 420 g/mol. The number of halogens is 1. The molecular formula is C24H37ClN2O2. The van der Waals surface area contributed by atoms with Crippen molar-refractivity contribution < 1.29 is 9.53 Å². The highest BCUT2D eigenvalue weighted by molar-refractivity contribution is 6.33. The molecule has 0 heterocycles. The summed E-state index contributed by atoms with van der Waals surface area (Å²) in [5.74, 6) is 0.854. The van der Waals surface area contributed by atoms with Gasteiger partial charge in [0.15, 0.2) is 0 Å². The molecule has 1 amide bonds. The molecule has 0 spiro atoms. The van der Waals surface area contributed by atoms with Gasteiger partial charge < -0.3 is 15.4 Å². The summed E-state index contributed by atoms with van der Waals surface area (Å²) < 4.78 is 5.14. The zero-order chi connectivity index (χ0) is 20.7. The number of fused-ring (bicyclic) bond motifs is 2. The second-order valence-corrected chi connectivity index (χ2v) is 9.67. The molecule has 1 aromatic carbocycles. The van der Waals surface area contributed by atoms with E-state index in [1.54, 1.807) is 7.11 Å². The maximum Gasteiger partial charge on any atom is 0.252 e. The van der Waals surface area contributed by atoms with Gasteiger partial charge in [0.2, 0.25) is 0 Å². The number of carbonyl (C=O) groups is 1. The lowest BCUT2D eigenvalue weighted by Gasteiger charge is -2.45. The Morgan fingerprint density at radius 2 is 2.07 bits per heavy atom. The molecule has 4 nitrogen and oxygen atoms in total. The number of benzene rings is 1. The van der Waals surface area contributed by atoms with Crippen LogP contribution in [-0.4, -0.2) is 38.8 Å². The van der Waals surface area contributed by atoms with E-state index in [1.165, 1.54) is 44.9 Å². The Kier molecular flexibility index (Phi) is 8.40. The Balaban J connectivity index is 1.51. The maximum atomic E-state index is 12.9. The van der Waals surface area contributed by atoms with E-state index in [9.17, 15) is 4.79 Å². The molecule has 1 atom stereocenters. The highest BCUT2D eigenvalue weighted by Gasteiger charge is 2.39. The molecule has 162 valence electrons. The normalized spacial score (nSPS) is 24.9. The standard InChI is InChI=1S/C24H37ClN2O2/c1-18(16-29-2)26-13-5-8-19-9-10-22(25)21(14-19)23(28)27-17-24-11-3-6-20(15-24)7-4-12-24/h9-10,14,18,20,26H,3-8,11-13,15-17H2,1-2H3,(H,27,28). The molecule has 0 saturated heterocycles. The summed E-state index contributed by atoms with van der Waals surface area (Å²) in [4.78, 5) is 12.9. The van der Waals surface area contributed by atoms with E-state index < -0.39 is 0 Å². The van der Waals surface area contributed by atoms with Crippen LogP contribution >= 0.6 is 11.6 Å². The molecule has 2 aliphatic carbocycles. The summed E-state index contributed by atoms with van der Waals surface area (Å²) in [6, 6.07) is 6.22. The van der Waals surface area contributed by atoms with Crippen molar-refractivity contribution in [2.45, 2.75) is 70.8 Å². The van der Waals surface area contributed by atoms with Crippen molar-refractivity contribution in [3.8, 4) is 0 Å². The number of hydrogen-bond acceptors (Lipinski definition) is 3. The summed E-state index contributed by atoms with van der Waals surface area (Å²) >= 11 is 6.37. The number of amides is 1. The Hall–Kier alpha value is -1.10. The van der Waals surface area contributed by atoms with Gasteiger partial charge in [0.05, 0.1) is 17.2 Å². The molecule has 2 bridgehead atoms. The lowest BCUT2D eigenvalue weighted by atomic mass is 9.62. The molecule has 2 fully saturated rings.